The zero-order valence-electron chi connectivity index (χ0n) is 37.0. The van der Waals surface area contributed by atoms with Crippen LogP contribution in [0.5, 0.6) is 0 Å². The van der Waals surface area contributed by atoms with E-state index in [0.29, 0.717) is 0 Å². The van der Waals surface area contributed by atoms with Crippen LogP contribution in [0.3, 0.4) is 0 Å². The highest BCUT2D eigenvalue weighted by Gasteiger charge is 2.62. The minimum absolute atomic E-state index is 0.874. The molecule has 0 aromatic heterocycles. The molecule has 0 spiro atoms. The van der Waals surface area contributed by atoms with Crippen molar-refractivity contribution in [2.75, 3.05) is 40.1 Å². The number of carboxylic acid groups (broad SMARTS) is 2. The molecular formula is C38H66N2O29. The van der Waals surface area contributed by atoms with E-state index < -0.39 is 222 Å². The van der Waals surface area contributed by atoms with Gasteiger partial charge in [-0.3, -0.25) is 0 Å². The third-order valence-corrected chi connectivity index (χ3v) is 13.0. The molecule has 5 saturated heterocycles. The second kappa shape index (κ2) is 23.8. The number of methoxy groups -OCH3 is 1. The topological polar surface area (TPSA) is 522 Å². The van der Waals surface area contributed by atoms with Gasteiger partial charge in [-0.05, 0) is 0 Å². The number of aliphatic hydroxyl groups excluding tert-OH is 15. The number of hydrogen-bond acceptors (Lipinski definition) is 29. The summed E-state index contributed by atoms with van der Waals surface area (Å²) in [4.78, 5) is 26.3. The molecule has 69 heavy (non-hydrogen) atoms. The lowest BCUT2D eigenvalue weighted by Gasteiger charge is -2.52. The van der Waals surface area contributed by atoms with Gasteiger partial charge in [-0.2, -0.15) is 0 Å². The molecular weight excluding hydrogens is 948 g/mol. The Hall–Kier alpha value is -2.14. The molecule has 0 aromatic rings. The van der Waals surface area contributed by atoms with E-state index in [4.69, 9.17) is 58.8 Å². The van der Waals surface area contributed by atoms with Gasteiger partial charge in [-0.1, -0.05) is 6.92 Å². The van der Waals surface area contributed by atoms with Gasteiger partial charge in [0.1, 0.15) is 97.7 Å². The fourth-order valence-electron chi connectivity index (χ4n) is 8.85. The maximum Gasteiger partial charge on any atom is 0.364 e. The molecule has 0 bridgehead atoms. The molecule has 31 heteroatoms. The highest BCUT2D eigenvalue weighted by atomic mass is 16.8. The number of ether oxygens (including phenoxy) is 10. The van der Waals surface area contributed by atoms with Gasteiger partial charge in [-0.15, -0.1) is 0 Å². The fourth-order valence-corrected chi connectivity index (χ4v) is 8.85. The molecule has 5 aliphatic heterocycles. The summed E-state index contributed by atoms with van der Waals surface area (Å²) >= 11 is 0. The molecule has 24 unspecified atom stereocenters. The largest absolute Gasteiger partial charge is 0.477 e. The molecule has 0 amide bonds. The average Bonchev–Trinajstić information content (AvgIpc) is 3.32. The van der Waals surface area contributed by atoms with Gasteiger partial charge in [0.15, 0.2) is 18.9 Å². The lowest BCUT2D eigenvalue weighted by atomic mass is 9.87. The number of rotatable bonds is 20. The van der Waals surface area contributed by atoms with Crippen LogP contribution in [0.1, 0.15) is 19.8 Å². The summed E-state index contributed by atoms with van der Waals surface area (Å²) in [6.45, 7) is -4.04. The first kappa shape index (κ1) is 57.8. The lowest BCUT2D eigenvalue weighted by molar-refractivity contribution is -0.402. The van der Waals surface area contributed by atoms with Gasteiger partial charge in [-0.25, -0.2) is 9.59 Å². The Balaban J connectivity index is 1.53. The zero-order valence-corrected chi connectivity index (χ0v) is 37.0. The summed E-state index contributed by atoms with van der Waals surface area (Å²) in [5.41, 5.74) is 12.1. The van der Waals surface area contributed by atoms with Crippen molar-refractivity contribution in [1.29, 1.82) is 0 Å². The van der Waals surface area contributed by atoms with Gasteiger partial charge in [0.2, 0.25) is 0 Å². The predicted octanol–water partition coefficient (Wildman–Crippen LogP) is -11.7. The molecule has 27 atom stereocenters. The van der Waals surface area contributed by atoms with E-state index in [1.165, 1.54) is 6.92 Å². The number of hydrogen-bond donors (Lipinski definition) is 19. The quantitative estimate of drug-likeness (QED) is 0.0538. The number of aliphatic carboxylic acids is 2. The summed E-state index contributed by atoms with van der Waals surface area (Å²) in [5, 5.41) is 181. The average molecular weight is 1010 g/mol. The number of nitrogens with two attached hydrogens (primary N) is 2. The van der Waals surface area contributed by atoms with Gasteiger partial charge in [0.05, 0.1) is 63.4 Å². The minimum Gasteiger partial charge on any atom is -0.477 e. The summed E-state index contributed by atoms with van der Waals surface area (Å²) in [7, 11) is 1.11. The Kier molecular flexibility index (Phi) is 19.9. The predicted molar refractivity (Wildman–Crippen MR) is 213 cm³/mol. The van der Waals surface area contributed by atoms with Crippen LogP contribution >= 0.6 is 0 Å². The highest BCUT2D eigenvalue weighted by Crippen LogP contribution is 2.41. The second-order valence-electron chi connectivity index (χ2n) is 17.6. The fraction of sp³-hybridized carbons (Fsp3) is 0.947. The smallest absolute Gasteiger partial charge is 0.364 e. The standard InChI is InChI=1S/C38H66N2O29/c1-10-20(49)22(51)14(6-42)61-32(10)65-28-17(9-45)63-34(64-27-16(8-44)62-33(60-2)25(54)24(27)53)26(55)31(28)69-38(36(58)59)4-12(47)19(40)30(68-38)23(52)15(7-43)66-37(35(56)57)3-11(46)18(39)29(67-37)21(50)13(48)5-41/h10-34,41-55H,3-9,39-40H2,1-2H3,(H,56,57)(H,58,59)/t10?,11?,12?,13-,14?,15?,16?,17?,18?,19?,20?,21-,22?,23-,24?,25?,26?,27?,28?,29?,30?,31?,32?,33?,34?,37?,38?/m1/s1. The first-order valence-electron chi connectivity index (χ1n) is 21.8. The first-order valence-corrected chi connectivity index (χ1v) is 21.8. The van der Waals surface area contributed by atoms with Crippen LogP contribution < -0.4 is 11.5 Å². The Labute approximate surface area is 391 Å². The normalized spacial score (nSPS) is 47.2. The van der Waals surface area contributed by atoms with E-state index in [2.05, 4.69) is 0 Å². The van der Waals surface area contributed by atoms with E-state index in [-0.39, 0.29) is 0 Å². The molecule has 0 radical (unpaired) electrons. The van der Waals surface area contributed by atoms with Crippen LogP contribution in [0.4, 0.5) is 0 Å². The number of carboxylic acids is 2. The van der Waals surface area contributed by atoms with Crippen molar-refractivity contribution in [3.05, 3.63) is 0 Å². The zero-order chi connectivity index (χ0) is 51.6. The van der Waals surface area contributed by atoms with Crippen molar-refractivity contribution in [1.82, 2.24) is 0 Å². The Morgan fingerprint density at radius 1 is 0.609 bits per heavy atom. The van der Waals surface area contributed by atoms with Gasteiger partial charge in [0.25, 0.3) is 11.6 Å². The van der Waals surface area contributed by atoms with Crippen molar-refractivity contribution in [2.24, 2.45) is 17.4 Å². The van der Waals surface area contributed by atoms with E-state index in [1.807, 2.05) is 0 Å². The lowest BCUT2D eigenvalue weighted by Crippen LogP contribution is -2.71. The molecule has 0 saturated carbocycles. The van der Waals surface area contributed by atoms with Crippen molar-refractivity contribution in [2.45, 2.75) is 178 Å². The van der Waals surface area contributed by atoms with Crippen LogP contribution in [0, 0.1) is 5.92 Å². The monoisotopic (exact) mass is 1010 g/mol. The molecule has 5 fully saturated rings. The second-order valence-corrected chi connectivity index (χ2v) is 17.6. The summed E-state index contributed by atoms with van der Waals surface area (Å²) in [5.74, 6) is -11.9. The summed E-state index contributed by atoms with van der Waals surface area (Å²) in [6.07, 6.45) is -45.3. The van der Waals surface area contributed by atoms with Crippen LogP contribution in [0.15, 0.2) is 0 Å². The van der Waals surface area contributed by atoms with Crippen LogP contribution in [0.2, 0.25) is 0 Å². The van der Waals surface area contributed by atoms with Gasteiger partial charge < -0.3 is 146 Å². The number of carbonyl (C=O) groups is 2. The van der Waals surface area contributed by atoms with Crippen molar-refractivity contribution in [3.63, 3.8) is 0 Å². The molecule has 402 valence electrons. The van der Waals surface area contributed by atoms with Crippen molar-refractivity contribution in [3.8, 4) is 0 Å². The maximum absolute atomic E-state index is 13.5. The van der Waals surface area contributed by atoms with E-state index >= 15 is 0 Å². The number of aliphatic hydroxyl groups is 15. The highest BCUT2D eigenvalue weighted by molar-refractivity contribution is 5.76. The molecule has 5 rings (SSSR count). The van der Waals surface area contributed by atoms with Crippen LogP contribution in [-0.4, -0.2) is 297 Å². The van der Waals surface area contributed by atoms with Gasteiger partial charge >= 0.3 is 11.9 Å². The molecule has 0 aliphatic carbocycles. The molecule has 5 aliphatic rings. The maximum atomic E-state index is 13.5. The molecule has 31 nitrogen and oxygen atoms in total. The SMILES string of the molecule is COC1OC(CO)C(OC2OC(CO)C(OC3OC(CO)C(O)C(O)C3C)C(OC3(C(=O)O)CC(O)C(N)C([C@H](O)C(CO)OC4(C(=O)O)CC(O)C(N)C([C@H](O)[C@H](O)CO)O4)O3)C2O)C(O)C1O. The third kappa shape index (κ3) is 11.6. The first-order chi connectivity index (χ1) is 32.4. The molecule has 21 N–H and O–H groups in total. The Morgan fingerprint density at radius 3 is 1.62 bits per heavy atom. The van der Waals surface area contributed by atoms with E-state index in [9.17, 15) is 96.4 Å². The molecule has 5 heterocycles. The molecule has 0 aromatic carbocycles. The Bertz CT molecular complexity index is 1660. The van der Waals surface area contributed by atoms with E-state index in [0.717, 1.165) is 7.11 Å². The third-order valence-electron chi connectivity index (χ3n) is 13.0. The summed E-state index contributed by atoms with van der Waals surface area (Å²) < 4.78 is 56.6. The minimum atomic E-state index is -3.33. The van der Waals surface area contributed by atoms with Crippen molar-refractivity contribution >= 4 is 11.9 Å². The van der Waals surface area contributed by atoms with Gasteiger partial charge in [0, 0.05) is 25.9 Å². The summed E-state index contributed by atoms with van der Waals surface area (Å²) in [6, 6.07) is -3.49. The Morgan fingerprint density at radius 2 is 1.10 bits per heavy atom. The van der Waals surface area contributed by atoms with Crippen LogP contribution in [-0.2, 0) is 57.0 Å². The van der Waals surface area contributed by atoms with E-state index in [1.54, 1.807) is 0 Å². The van der Waals surface area contributed by atoms with Crippen molar-refractivity contribution < 1.29 is 144 Å². The van der Waals surface area contributed by atoms with Crippen LogP contribution in [0.25, 0.3) is 0 Å².